The minimum absolute atomic E-state index is 0.479. The Morgan fingerprint density at radius 3 is 2.67 bits per heavy atom. The minimum atomic E-state index is 0.479. The first-order valence-electron chi connectivity index (χ1n) is 8.08. The number of benzene rings is 1. The molecule has 0 spiro atoms. The topological polar surface area (TPSA) is 9.23 Å². The Morgan fingerprint density at radius 1 is 1.29 bits per heavy atom. The second kappa shape index (κ2) is 7.61. The van der Waals surface area contributed by atoms with Gasteiger partial charge in [-0.25, -0.2) is 0 Å². The molecule has 1 aromatic rings. The third-order valence-electron chi connectivity index (χ3n) is 4.51. The van der Waals surface area contributed by atoms with Crippen LogP contribution in [0.5, 0.6) is 0 Å². The van der Waals surface area contributed by atoms with Gasteiger partial charge >= 0.3 is 0 Å². The molecule has 2 rings (SSSR count). The van der Waals surface area contributed by atoms with Gasteiger partial charge in [0.05, 0.1) is 13.2 Å². The van der Waals surface area contributed by atoms with E-state index in [0.717, 1.165) is 0 Å². The summed E-state index contributed by atoms with van der Waals surface area (Å²) >= 11 is 0. The Hall–Kier alpha value is -1.34. The lowest BCUT2D eigenvalue weighted by Crippen LogP contribution is -2.20. The standard InChI is InChI=1S/C20H28O/c1-15(2)19-11-10-16(3)20(12-19)17(4)13-21-14-18-8-6-5-7-9-18/h5-9,12,15-16,20H,4,10-11,13-14H2,1-3H3/t16-,20-/m1/s1. The van der Waals surface area contributed by atoms with Crippen LogP contribution in [0, 0.1) is 17.8 Å². The second-order valence-electron chi connectivity index (χ2n) is 6.57. The van der Waals surface area contributed by atoms with Crippen molar-refractivity contribution in [1.29, 1.82) is 0 Å². The summed E-state index contributed by atoms with van der Waals surface area (Å²) in [6.07, 6.45) is 4.97. The molecule has 1 nitrogen and oxygen atoms in total. The van der Waals surface area contributed by atoms with Crippen molar-refractivity contribution in [2.24, 2.45) is 17.8 Å². The molecule has 0 bridgehead atoms. The smallest absolute Gasteiger partial charge is 0.0721 e. The molecule has 0 amide bonds. The van der Waals surface area contributed by atoms with Gasteiger partial charge in [0, 0.05) is 5.92 Å². The van der Waals surface area contributed by atoms with Gasteiger partial charge in [0.25, 0.3) is 0 Å². The van der Waals surface area contributed by atoms with Crippen LogP contribution in [0.1, 0.15) is 39.2 Å². The fraction of sp³-hybridized carbons (Fsp3) is 0.500. The van der Waals surface area contributed by atoms with Crippen molar-refractivity contribution in [3.63, 3.8) is 0 Å². The van der Waals surface area contributed by atoms with E-state index in [4.69, 9.17) is 4.74 Å². The summed E-state index contributed by atoms with van der Waals surface area (Å²) in [6.45, 7) is 12.5. The molecule has 0 aromatic heterocycles. The highest BCUT2D eigenvalue weighted by atomic mass is 16.5. The molecule has 0 N–H and O–H groups in total. The molecular formula is C20H28O. The van der Waals surface area contributed by atoms with Crippen LogP contribution in [0.4, 0.5) is 0 Å². The van der Waals surface area contributed by atoms with Crippen LogP contribution >= 0.6 is 0 Å². The average Bonchev–Trinajstić information content (AvgIpc) is 2.48. The van der Waals surface area contributed by atoms with Crippen LogP contribution in [0.2, 0.25) is 0 Å². The van der Waals surface area contributed by atoms with E-state index in [1.807, 2.05) is 18.2 Å². The van der Waals surface area contributed by atoms with Crippen LogP contribution < -0.4 is 0 Å². The fourth-order valence-corrected chi connectivity index (χ4v) is 3.02. The van der Waals surface area contributed by atoms with Gasteiger partial charge in [-0.3, -0.25) is 0 Å². The van der Waals surface area contributed by atoms with E-state index in [9.17, 15) is 0 Å². The molecule has 1 aliphatic carbocycles. The molecule has 21 heavy (non-hydrogen) atoms. The van der Waals surface area contributed by atoms with E-state index < -0.39 is 0 Å². The van der Waals surface area contributed by atoms with Gasteiger partial charge in [0.15, 0.2) is 0 Å². The van der Waals surface area contributed by atoms with Crippen molar-refractivity contribution in [3.05, 3.63) is 59.7 Å². The van der Waals surface area contributed by atoms with Crippen molar-refractivity contribution in [2.45, 2.75) is 40.2 Å². The van der Waals surface area contributed by atoms with Gasteiger partial charge in [-0.1, -0.05) is 69.3 Å². The molecule has 0 aliphatic heterocycles. The van der Waals surface area contributed by atoms with Crippen LogP contribution in [-0.2, 0) is 11.3 Å². The molecule has 0 fully saturated rings. The maximum absolute atomic E-state index is 5.85. The first-order valence-corrected chi connectivity index (χ1v) is 8.08. The summed E-state index contributed by atoms with van der Waals surface area (Å²) in [5.74, 6) is 1.81. The third-order valence-corrected chi connectivity index (χ3v) is 4.51. The maximum Gasteiger partial charge on any atom is 0.0721 e. The highest BCUT2D eigenvalue weighted by Crippen LogP contribution is 2.35. The lowest BCUT2D eigenvalue weighted by Gasteiger charge is -2.30. The third kappa shape index (κ3) is 4.57. The highest BCUT2D eigenvalue weighted by Gasteiger charge is 2.24. The summed E-state index contributed by atoms with van der Waals surface area (Å²) in [4.78, 5) is 0. The zero-order valence-corrected chi connectivity index (χ0v) is 13.6. The van der Waals surface area contributed by atoms with E-state index in [-0.39, 0.29) is 0 Å². The van der Waals surface area contributed by atoms with Gasteiger partial charge < -0.3 is 4.74 Å². The van der Waals surface area contributed by atoms with Crippen LogP contribution in [0.3, 0.4) is 0 Å². The molecule has 0 heterocycles. The summed E-state index contributed by atoms with van der Waals surface area (Å²) in [6, 6.07) is 10.3. The fourth-order valence-electron chi connectivity index (χ4n) is 3.02. The molecule has 0 unspecified atom stereocenters. The molecule has 0 saturated heterocycles. The van der Waals surface area contributed by atoms with Crippen LogP contribution in [-0.4, -0.2) is 6.61 Å². The van der Waals surface area contributed by atoms with Crippen molar-refractivity contribution in [1.82, 2.24) is 0 Å². The van der Waals surface area contributed by atoms with Gasteiger partial charge in [-0.15, -0.1) is 0 Å². The largest absolute Gasteiger partial charge is 0.372 e. The molecule has 1 heteroatoms. The van der Waals surface area contributed by atoms with Gasteiger partial charge in [0.1, 0.15) is 0 Å². The number of hydrogen-bond acceptors (Lipinski definition) is 1. The normalized spacial score (nSPS) is 22.2. The zero-order valence-electron chi connectivity index (χ0n) is 13.6. The number of hydrogen-bond donors (Lipinski definition) is 0. The Balaban J connectivity index is 1.88. The van der Waals surface area contributed by atoms with E-state index in [1.54, 1.807) is 5.57 Å². The molecule has 114 valence electrons. The van der Waals surface area contributed by atoms with Crippen molar-refractivity contribution < 1.29 is 4.74 Å². The highest BCUT2D eigenvalue weighted by molar-refractivity contribution is 5.21. The summed E-state index contributed by atoms with van der Waals surface area (Å²) in [5, 5.41) is 0. The molecule has 1 aromatic carbocycles. The predicted octanol–water partition coefficient (Wildman–Crippen LogP) is 5.39. The Kier molecular flexibility index (Phi) is 5.81. The first kappa shape index (κ1) is 16.0. The molecule has 1 aliphatic rings. The Morgan fingerprint density at radius 2 is 2.00 bits per heavy atom. The van der Waals surface area contributed by atoms with Gasteiger partial charge in [-0.05, 0) is 35.8 Å². The number of rotatable bonds is 6. The van der Waals surface area contributed by atoms with Gasteiger partial charge in [-0.2, -0.15) is 0 Å². The average molecular weight is 284 g/mol. The monoisotopic (exact) mass is 284 g/mol. The first-order chi connectivity index (χ1) is 10.1. The quantitative estimate of drug-likeness (QED) is 0.637. The van der Waals surface area contributed by atoms with Crippen molar-refractivity contribution in [2.75, 3.05) is 6.61 Å². The SMILES string of the molecule is C=C(COCc1ccccc1)[C@@H]1C=C(C(C)C)CC[C@H]1C. The number of ether oxygens (including phenoxy) is 1. The Labute approximate surface area is 129 Å². The maximum atomic E-state index is 5.85. The van der Waals surface area contributed by atoms with E-state index in [0.29, 0.717) is 31.0 Å². The number of allylic oxidation sites excluding steroid dienone is 2. The summed E-state index contributed by atoms with van der Waals surface area (Å²) in [5.41, 5.74) is 4.03. The molecule has 0 radical (unpaired) electrons. The van der Waals surface area contributed by atoms with Crippen LogP contribution in [0.25, 0.3) is 0 Å². The Bertz CT molecular complexity index is 484. The van der Waals surface area contributed by atoms with E-state index >= 15 is 0 Å². The zero-order chi connectivity index (χ0) is 15.2. The lowest BCUT2D eigenvalue weighted by atomic mass is 9.76. The van der Waals surface area contributed by atoms with E-state index in [2.05, 4.69) is 45.6 Å². The van der Waals surface area contributed by atoms with Crippen LogP contribution in [0.15, 0.2) is 54.1 Å². The van der Waals surface area contributed by atoms with Crippen molar-refractivity contribution in [3.8, 4) is 0 Å². The summed E-state index contributed by atoms with van der Waals surface area (Å²) < 4.78 is 5.85. The predicted molar refractivity (Wildman–Crippen MR) is 90.0 cm³/mol. The minimum Gasteiger partial charge on any atom is -0.372 e. The van der Waals surface area contributed by atoms with Crippen molar-refractivity contribution >= 4 is 0 Å². The summed E-state index contributed by atoms with van der Waals surface area (Å²) in [7, 11) is 0. The van der Waals surface area contributed by atoms with E-state index in [1.165, 1.54) is 24.0 Å². The molecular weight excluding hydrogens is 256 g/mol. The molecule has 2 atom stereocenters. The second-order valence-corrected chi connectivity index (χ2v) is 6.57. The van der Waals surface area contributed by atoms with Gasteiger partial charge in [0.2, 0.25) is 0 Å². The molecule has 0 saturated carbocycles. The lowest BCUT2D eigenvalue weighted by molar-refractivity contribution is 0.135.